The molecule has 0 saturated heterocycles. The van der Waals surface area contributed by atoms with Crippen molar-refractivity contribution in [3.8, 4) is 0 Å². The molecule has 1 aliphatic heterocycles. The summed E-state index contributed by atoms with van der Waals surface area (Å²) in [6.07, 6.45) is 6.15. The standard InChI is InChI=1S/C22H24ClNO3/c1-13-19(22(26)27-16-8-2-3-9-16)20(14-6-4-7-15(23)12-14)21-17(24-13)10-5-11-18(21)25/h4,6-7,12,16,20-21H,2-3,5,8-11H2,1H3. The molecule has 4 nitrogen and oxygen atoms in total. The van der Waals surface area contributed by atoms with Crippen molar-refractivity contribution in [2.45, 2.75) is 63.9 Å². The second-order valence-corrected chi connectivity index (χ2v) is 8.18. The zero-order valence-electron chi connectivity index (χ0n) is 15.5. The van der Waals surface area contributed by atoms with E-state index in [0.29, 0.717) is 22.7 Å². The minimum Gasteiger partial charge on any atom is -0.459 e. The third-order valence-corrected chi connectivity index (χ3v) is 6.15. The van der Waals surface area contributed by atoms with Crippen molar-refractivity contribution in [2.75, 3.05) is 0 Å². The van der Waals surface area contributed by atoms with Crippen LogP contribution in [-0.4, -0.2) is 23.6 Å². The van der Waals surface area contributed by atoms with Gasteiger partial charge in [0.15, 0.2) is 0 Å². The van der Waals surface area contributed by atoms with Crippen molar-refractivity contribution in [1.82, 2.24) is 0 Å². The van der Waals surface area contributed by atoms with E-state index in [1.54, 1.807) is 6.07 Å². The lowest BCUT2D eigenvalue weighted by atomic mass is 9.69. The summed E-state index contributed by atoms with van der Waals surface area (Å²) < 4.78 is 5.81. The van der Waals surface area contributed by atoms with Gasteiger partial charge in [0.25, 0.3) is 0 Å². The van der Waals surface area contributed by atoms with Crippen LogP contribution in [0.5, 0.6) is 0 Å². The monoisotopic (exact) mass is 385 g/mol. The summed E-state index contributed by atoms with van der Waals surface area (Å²) in [5.74, 6) is -0.917. The molecule has 0 N–H and O–H groups in total. The van der Waals surface area contributed by atoms with E-state index in [1.165, 1.54) is 0 Å². The maximum atomic E-state index is 13.1. The predicted molar refractivity (Wildman–Crippen MR) is 105 cm³/mol. The summed E-state index contributed by atoms with van der Waals surface area (Å²) in [5, 5.41) is 0.598. The van der Waals surface area contributed by atoms with Gasteiger partial charge in [0.1, 0.15) is 11.9 Å². The van der Waals surface area contributed by atoms with Crippen molar-refractivity contribution in [2.24, 2.45) is 10.9 Å². The molecule has 2 fully saturated rings. The largest absolute Gasteiger partial charge is 0.459 e. The predicted octanol–water partition coefficient (Wildman–Crippen LogP) is 5.01. The molecule has 2 atom stereocenters. The zero-order valence-corrected chi connectivity index (χ0v) is 16.3. The molecule has 0 bridgehead atoms. The van der Waals surface area contributed by atoms with Crippen molar-refractivity contribution in [1.29, 1.82) is 0 Å². The highest BCUT2D eigenvalue weighted by Crippen LogP contribution is 2.43. The molecule has 4 rings (SSSR count). The maximum Gasteiger partial charge on any atom is 0.336 e. The molecule has 2 aliphatic carbocycles. The van der Waals surface area contributed by atoms with Crippen LogP contribution in [0.2, 0.25) is 5.02 Å². The zero-order chi connectivity index (χ0) is 19.0. The van der Waals surface area contributed by atoms with E-state index in [-0.39, 0.29) is 29.7 Å². The number of carbonyl (C=O) groups is 2. The Hall–Kier alpha value is -1.94. The van der Waals surface area contributed by atoms with Gasteiger partial charge in [-0.15, -0.1) is 0 Å². The Morgan fingerprint density at radius 1 is 1.15 bits per heavy atom. The number of nitrogens with zero attached hydrogens (tertiary/aromatic N) is 1. The molecule has 2 unspecified atom stereocenters. The van der Waals surface area contributed by atoms with Crippen molar-refractivity contribution in [3.63, 3.8) is 0 Å². The quantitative estimate of drug-likeness (QED) is 0.687. The highest BCUT2D eigenvalue weighted by molar-refractivity contribution is 6.30. The lowest BCUT2D eigenvalue weighted by Gasteiger charge is -2.36. The summed E-state index contributed by atoms with van der Waals surface area (Å²) in [6, 6.07) is 7.47. The van der Waals surface area contributed by atoms with Crippen molar-refractivity contribution < 1.29 is 14.3 Å². The number of hydrogen-bond donors (Lipinski definition) is 0. The van der Waals surface area contributed by atoms with Gasteiger partial charge in [0.05, 0.1) is 11.5 Å². The van der Waals surface area contributed by atoms with Crippen LogP contribution in [-0.2, 0) is 14.3 Å². The molecule has 142 valence electrons. The molecule has 1 heterocycles. The number of halogens is 1. The van der Waals surface area contributed by atoms with Crippen molar-refractivity contribution >= 4 is 29.1 Å². The molecule has 27 heavy (non-hydrogen) atoms. The number of allylic oxidation sites excluding steroid dienone is 1. The molecule has 2 saturated carbocycles. The molecule has 3 aliphatic rings. The number of esters is 1. The van der Waals surface area contributed by atoms with Crippen LogP contribution in [0.15, 0.2) is 40.5 Å². The first-order valence-electron chi connectivity index (χ1n) is 9.82. The molecule has 1 aromatic rings. The molecule has 0 amide bonds. The first kappa shape index (κ1) is 18.4. The third kappa shape index (κ3) is 3.60. The van der Waals surface area contributed by atoms with Crippen LogP contribution in [0.3, 0.4) is 0 Å². The molecular formula is C22H24ClNO3. The van der Waals surface area contributed by atoms with Gasteiger partial charge in [-0.25, -0.2) is 4.79 Å². The van der Waals surface area contributed by atoms with E-state index in [9.17, 15) is 9.59 Å². The number of ether oxygens (including phenoxy) is 1. The normalized spacial score (nSPS) is 26.0. The summed E-state index contributed by atoms with van der Waals surface area (Å²) in [5.41, 5.74) is 2.97. The first-order valence-corrected chi connectivity index (χ1v) is 10.2. The van der Waals surface area contributed by atoms with Gasteiger partial charge < -0.3 is 4.74 Å². The highest BCUT2D eigenvalue weighted by Gasteiger charge is 2.44. The second kappa shape index (κ2) is 7.59. The van der Waals surface area contributed by atoms with Gasteiger partial charge >= 0.3 is 5.97 Å². The number of Topliss-reactive ketones (excluding diaryl/α,β-unsaturated/α-hetero) is 1. The topological polar surface area (TPSA) is 55.7 Å². The Morgan fingerprint density at radius 2 is 1.93 bits per heavy atom. The van der Waals surface area contributed by atoms with Crippen LogP contribution < -0.4 is 0 Å². The summed E-state index contributed by atoms with van der Waals surface area (Å²) >= 11 is 6.23. The smallest absolute Gasteiger partial charge is 0.336 e. The Morgan fingerprint density at radius 3 is 2.67 bits per heavy atom. The fraction of sp³-hybridized carbons (Fsp3) is 0.500. The maximum absolute atomic E-state index is 13.1. The Labute approximate surface area is 164 Å². The van der Waals surface area contributed by atoms with E-state index in [2.05, 4.69) is 4.99 Å². The molecule has 0 radical (unpaired) electrons. The first-order chi connectivity index (χ1) is 13.0. The Kier molecular flexibility index (Phi) is 5.18. The summed E-state index contributed by atoms with van der Waals surface area (Å²) in [6.45, 7) is 1.85. The van der Waals surface area contributed by atoms with E-state index in [4.69, 9.17) is 16.3 Å². The third-order valence-electron chi connectivity index (χ3n) is 5.91. The highest BCUT2D eigenvalue weighted by atomic mass is 35.5. The number of fused-ring (bicyclic) bond motifs is 1. The number of hydrogen-bond acceptors (Lipinski definition) is 4. The van der Waals surface area contributed by atoms with E-state index in [1.807, 2.05) is 25.1 Å². The Balaban J connectivity index is 1.77. The van der Waals surface area contributed by atoms with Crippen LogP contribution in [0.25, 0.3) is 0 Å². The fourth-order valence-corrected chi connectivity index (χ4v) is 4.87. The SMILES string of the molecule is CC1=C(C(=O)OC2CCCC2)C(c2cccc(Cl)c2)C2C(=O)CCCC2=N1. The fourth-order valence-electron chi connectivity index (χ4n) is 4.67. The lowest BCUT2D eigenvalue weighted by molar-refractivity contribution is -0.144. The number of rotatable bonds is 3. The molecule has 5 heteroatoms. The van der Waals surface area contributed by atoms with Gasteiger partial charge in [-0.1, -0.05) is 23.7 Å². The van der Waals surface area contributed by atoms with Crippen LogP contribution in [0, 0.1) is 5.92 Å². The summed E-state index contributed by atoms with van der Waals surface area (Å²) in [7, 11) is 0. The van der Waals surface area contributed by atoms with Gasteiger partial charge in [-0.2, -0.15) is 0 Å². The second-order valence-electron chi connectivity index (χ2n) is 7.74. The van der Waals surface area contributed by atoms with E-state index < -0.39 is 0 Å². The van der Waals surface area contributed by atoms with E-state index in [0.717, 1.165) is 49.8 Å². The Bertz CT molecular complexity index is 836. The van der Waals surface area contributed by atoms with Crippen LogP contribution in [0.1, 0.15) is 63.4 Å². The van der Waals surface area contributed by atoms with Crippen LogP contribution in [0.4, 0.5) is 0 Å². The van der Waals surface area contributed by atoms with E-state index >= 15 is 0 Å². The molecular weight excluding hydrogens is 362 g/mol. The minimum atomic E-state index is -0.382. The molecule has 0 aromatic heterocycles. The number of benzene rings is 1. The average Bonchev–Trinajstić information content (AvgIpc) is 3.13. The average molecular weight is 386 g/mol. The van der Waals surface area contributed by atoms with Gasteiger partial charge in [0.2, 0.25) is 0 Å². The lowest BCUT2D eigenvalue weighted by Crippen LogP contribution is -2.39. The number of aliphatic imine (C=N–C) groups is 1. The minimum absolute atomic E-state index is 0.0229. The van der Waals surface area contributed by atoms with Crippen LogP contribution >= 0.6 is 11.6 Å². The molecule has 0 spiro atoms. The van der Waals surface area contributed by atoms with Gasteiger partial charge in [-0.05, 0) is 63.1 Å². The van der Waals surface area contributed by atoms with Crippen molar-refractivity contribution in [3.05, 3.63) is 46.1 Å². The van der Waals surface area contributed by atoms with Gasteiger partial charge in [-0.3, -0.25) is 9.79 Å². The molecule has 1 aromatic carbocycles. The number of ketones is 1. The number of carbonyl (C=O) groups excluding carboxylic acids is 2. The van der Waals surface area contributed by atoms with Gasteiger partial charge in [0, 0.05) is 28.8 Å². The summed E-state index contributed by atoms with van der Waals surface area (Å²) in [4.78, 5) is 30.6.